The highest BCUT2D eigenvalue weighted by Gasteiger charge is 2.43. The van der Waals surface area contributed by atoms with Gasteiger partial charge in [0.25, 0.3) is 0 Å². The Kier molecular flexibility index (Phi) is 14.0. The van der Waals surface area contributed by atoms with E-state index in [0.717, 1.165) is 22.9 Å². The molecule has 1 fully saturated rings. The van der Waals surface area contributed by atoms with E-state index in [9.17, 15) is 4.79 Å². The molecule has 1 unspecified atom stereocenters. The number of carbonyl (C=O) groups excluding carboxylic acids is 1. The first-order valence-corrected chi connectivity index (χ1v) is 23.5. The van der Waals surface area contributed by atoms with Gasteiger partial charge in [-0.15, -0.1) is 0 Å². The topological polar surface area (TPSA) is 63.2 Å². The zero-order valence-corrected chi connectivity index (χ0v) is 33.1. The second-order valence-electron chi connectivity index (χ2n) is 16.0. The fraction of sp³-hybridized carbons (Fsp3) is 0.703. The van der Waals surface area contributed by atoms with Crippen LogP contribution in [0.3, 0.4) is 0 Å². The molecule has 6 nitrogen and oxygen atoms in total. The molecule has 0 N–H and O–H groups in total. The third-order valence-electron chi connectivity index (χ3n) is 9.09. The maximum Gasteiger partial charge on any atom is 0.338 e. The van der Waals surface area contributed by atoms with E-state index in [2.05, 4.69) is 92.5 Å². The van der Waals surface area contributed by atoms with Gasteiger partial charge in [-0.05, 0) is 94.4 Å². The second kappa shape index (κ2) is 15.9. The van der Waals surface area contributed by atoms with Crippen molar-refractivity contribution in [2.24, 2.45) is 11.8 Å². The minimum Gasteiger partial charge on any atom is -0.494 e. The number of rotatable bonds is 15. The Balaban J connectivity index is 2.21. The van der Waals surface area contributed by atoms with E-state index in [0.29, 0.717) is 25.2 Å². The van der Waals surface area contributed by atoms with Gasteiger partial charge in [0, 0.05) is 20.1 Å². The van der Waals surface area contributed by atoms with Crippen LogP contribution in [-0.2, 0) is 18.6 Å². The minimum absolute atomic E-state index is 0.104. The molecule has 0 aliphatic carbocycles. The summed E-state index contributed by atoms with van der Waals surface area (Å²) in [5, 5.41) is 0.178. The van der Waals surface area contributed by atoms with Crippen LogP contribution in [0.15, 0.2) is 30.4 Å². The van der Waals surface area contributed by atoms with Crippen molar-refractivity contribution in [3.05, 3.63) is 47.1 Å². The average Bonchev–Trinajstić information content (AvgIpc) is 3.19. The smallest absolute Gasteiger partial charge is 0.338 e. The van der Waals surface area contributed by atoms with Crippen molar-refractivity contribution < 1.29 is 28.2 Å². The molecular formula is C37H64O6Si2. The zero-order valence-electron chi connectivity index (χ0n) is 31.1. The highest BCUT2D eigenvalue weighted by molar-refractivity contribution is 6.76. The van der Waals surface area contributed by atoms with Crippen LogP contribution >= 0.6 is 0 Å². The predicted octanol–water partition coefficient (Wildman–Crippen LogP) is 10.1. The lowest BCUT2D eigenvalue weighted by Crippen LogP contribution is -2.44. The largest absolute Gasteiger partial charge is 0.494 e. The molecule has 0 spiro atoms. The van der Waals surface area contributed by atoms with Crippen LogP contribution in [0, 0.1) is 18.8 Å². The molecule has 256 valence electrons. The lowest BCUT2D eigenvalue weighted by molar-refractivity contribution is -0.148. The molecule has 5 atom stereocenters. The van der Waals surface area contributed by atoms with Crippen LogP contribution in [0.4, 0.5) is 0 Å². The molecule has 1 aromatic carbocycles. The normalized spacial score (nSPS) is 21.3. The Morgan fingerprint density at radius 2 is 1.69 bits per heavy atom. The summed E-state index contributed by atoms with van der Waals surface area (Å²) in [5.41, 5.74) is 2.23. The van der Waals surface area contributed by atoms with E-state index < -0.39 is 22.2 Å². The minimum atomic E-state index is -1.85. The highest BCUT2D eigenvalue weighted by atomic mass is 28.4. The molecule has 1 aliphatic rings. The van der Waals surface area contributed by atoms with Gasteiger partial charge in [0.05, 0.1) is 31.0 Å². The number of hydrogen-bond acceptors (Lipinski definition) is 6. The van der Waals surface area contributed by atoms with E-state index in [4.69, 9.17) is 23.4 Å². The third-order valence-corrected chi connectivity index (χ3v) is 15.4. The first kappa shape index (κ1) is 39.5. The Morgan fingerprint density at radius 1 is 1.04 bits per heavy atom. The molecular weight excluding hydrogens is 597 g/mol. The van der Waals surface area contributed by atoms with Gasteiger partial charge in [-0.1, -0.05) is 78.6 Å². The molecule has 0 radical (unpaired) electrons. The number of esters is 1. The summed E-state index contributed by atoms with van der Waals surface area (Å²) in [7, 11) is -3.16. The van der Waals surface area contributed by atoms with Gasteiger partial charge < -0.3 is 23.4 Å². The lowest BCUT2D eigenvalue weighted by Gasteiger charge is -2.39. The summed E-state index contributed by atoms with van der Waals surface area (Å²) in [4.78, 5) is 13.2. The van der Waals surface area contributed by atoms with Gasteiger partial charge in [0.2, 0.25) is 0 Å². The van der Waals surface area contributed by atoms with E-state index in [1.54, 1.807) is 0 Å². The summed E-state index contributed by atoms with van der Waals surface area (Å²) in [5.74, 6) is 0.208. The number of benzene rings is 1. The summed E-state index contributed by atoms with van der Waals surface area (Å²) in [6.45, 7) is 33.7. The molecule has 1 heterocycles. The molecule has 0 saturated carbocycles. The van der Waals surface area contributed by atoms with Crippen LogP contribution in [0.2, 0.25) is 43.8 Å². The van der Waals surface area contributed by atoms with Crippen LogP contribution in [0.25, 0.3) is 6.08 Å². The first-order valence-electron chi connectivity index (χ1n) is 16.9. The summed E-state index contributed by atoms with van der Waals surface area (Å²) < 4.78 is 31.0. The fourth-order valence-corrected chi connectivity index (χ4v) is 7.36. The van der Waals surface area contributed by atoms with Crippen molar-refractivity contribution >= 4 is 28.4 Å². The van der Waals surface area contributed by atoms with Gasteiger partial charge in [-0.25, -0.2) is 4.79 Å². The Hall–Kier alpha value is -1.72. The van der Waals surface area contributed by atoms with E-state index in [1.807, 2.05) is 45.9 Å². The van der Waals surface area contributed by atoms with Crippen molar-refractivity contribution in [1.82, 2.24) is 0 Å². The van der Waals surface area contributed by atoms with Gasteiger partial charge in [-0.2, -0.15) is 0 Å². The molecule has 45 heavy (non-hydrogen) atoms. The standard InChI is InChI=1S/C37H64O6Si2/c1-16-39-31-24-28(4)33(35(38)40-22-23-44(11,12)13)30(25-31)18-17-19-32-34(42-37(9,10)41-32)27(3)21-20-26(2)29(5)43-45(14,15)36(6,7)8/h17-18,20-21,24-27,29,32,34H,16,19,22-23H2,1-15H3/b18-17+,21-20-/t26-,27?,29+,32+,34-/m1/s1. The SMILES string of the molecule is CCOc1cc(C)c(C(=O)OCC[Si](C)(C)C)c(/C=C/C[C@@H]2OC(C)(C)O[C@@H]2C(C)/C=C\[C@@H](C)[C@H](C)O[Si](C)(C)C(C)(C)C)c1. The van der Waals surface area contributed by atoms with Crippen molar-refractivity contribution in [2.75, 3.05) is 13.2 Å². The lowest BCUT2D eigenvalue weighted by atomic mass is 9.94. The number of carbonyl (C=O) groups is 1. The first-order chi connectivity index (χ1) is 20.6. The van der Waals surface area contributed by atoms with E-state index in [-0.39, 0.29) is 41.2 Å². The van der Waals surface area contributed by atoms with Gasteiger partial charge >= 0.3 is 5.97 Å². The molecule has 1 aromatic rings. The summed E-state index contributed by atoms with van der Waals surface area (Å²) >= 11 is 0. The van der Waals surface area contributed by atoms with Gasteiger partial charge in [0.1, 0.15) is 5.75 Å². The van der Waals surface area contributed by atoms with E-state index >= 15 is 0 Å². The maximum absolute atomic E-state index is 13.2. The second-order valence-corrected chi connectivity index (χ2v) is 26.4. The fourth-order valence-electron chi connectivity index (χ4n) is 5.15. The Morgan fingerprint density at radius 3 is 2.27 bits per heavy atom. The maximum atomic E-state index is 13.2. The van der Waals surface area contributed by atoms with Crippen molar-refractivity contribution in [3.8, 4) is 5.75 Å². The molecule has 1 aliphatic heterocycles. The Bertz CT molecular complexity index is 1170. The summed E-state index contributed by atoms with van der Waals surface area (Å²) in [6.07, 6.45) is 9.16. The monoisotopic (exact) mass is 660 g/mol. The molecule has 0 bridgehead atoms. The number of aryl methyl sites for hydroxylation is 1. The van der Waals surface area contributed by atoms with Crippen LogP contribution in [0.1, 0.15) is 90.2 Å². The van der Waals surface area contributed by atoms with Crippen molar-refractivity contribution in [1.29, 1.82) is 0 Å². The molecule has 1 saturated heterocycles. The number of hydrogen-bond donors (Lipinski definition) is 0. The summed E-state index contributed by atoms with van der Waals surface area (Å²) in [6, 6.07) is 4.77. The molecule has 0 amide bonds. The van der Waals surface area contributed by atoms with E-state index in [1.165, 1.54) is 0 Å². The molecule has 2 rings (SSSR count). The van der Waals surface area contributed by atoms with Crippen LogP contribution in [0.5, 0.6) is 5.75 Å². The van der Waals surface area contributed by atoms with Gasteiger partial charge in [-0.3, -0.25) is 0 Å². The van der Waals surface area contributed by atoms with Crippen LogP contribution in [-0.4, -0.2) is 59.7 Å². The molecule has 8 heteroatoms. The third kappa shape index (κ3) is 12.1. The molecule has 0 aromatic heterocycles. The predicted molar refractivity (Wildman–Crippen MR) is 193 cm³/mol. The average molecular weight is 661 g/mol. The number of ether oxygens (including phenoxy) is 4. The highest BCUT2D eigenvalue weighted by Crippen LogP contribution is 2.39. The van der Waals surface area contributed by atoms with Gasteiger partial charge in [0.15, 0.2) is 14.1 Å². The Labute approximate surface area is 277 Å². The zero-order chi connectivity index (χ0) is 34.4. The quantitative estimate of drug-likeness (QED) is 0.106. The van der Waals surface area contributed by atoms with Crippen molar-refractivity contribution in [2.45, 2.75) is 144 Å². The van der Waals surface area contributed by atoms with Crippen molar-refractivity contribution in [3.63, 3.8) is 0 Å². The van der Waals surface area contributed by atoms with Crippen LogP contribution < -0.4 is 4.74 Å².